The standard InChI is InChI=1S/C18H26N4O3/c1-13-17(10-19-18(24)21(3)11-16(23)12-25-4)14(2)22(20-13)15-8-6-5-7-9-15/h5-9,16,23H,10-12H2,1-4H3,(H,19,24)/t16-/m0/s1. The van der Waals surface area contributed by atoms with Crippen LogP contribution in [0.25, 0.3) is 5.69 Å². The number of amides is 2. The van der Waals surface area contributed by atoms with Gasteiger partial charge in [0.05, 0.1) is 30.6 Å². The molecule has 0 fully saturated rings. The van der Waals surface area contributed by atoms with Crippen molar-refractivity contribution in [3.05, 3.63) is 47.3 Å². The summed E-state index contributed by atoms with van der Waals surface area (Å²) in [5, 5.41) is 17.2. The number of aliphatic hydroxyl groups excluding tert-OH is 1. The summed E-state index contributed by atoms with van der Waals surface area (Å²) in [6, 6.07) is 9.63. The van der Waals surface area contributed by atoms with Crippen molar-refractivity contribution >= 4 is 6.03 Å². The quantitative estimate of drug-likeness (QED) is 0.799. The Kier molecular flexibility index (Phi) is 6.55. The molecule has 2 aromatic rings. The van der Waals surface area contributed by atoms with Gasteiger partial charge in [-0.2, -0.15) is 5.10 Å². The monoisotopic (exact) mass is 346 g/mol. The Hall–Kier alpha value is -2.38. The summed E-state index contributed by atoms with van der Waals surface area (Å²) < 4.78 is 6.75. The van der Waals surface area contributed by atoms with Gasteiger partial charge in [-0.25, -0.2) is 9.48 Å². The summed E-state index contributed by atoms with van der Waals surface area (Å²) in [4.78, 5) is 13.6. The van der Waals surface area contributed by atoms with Gasteiger partial charge in [-0.15, -0.1) is 0 Å². The van der Waals surface area contributed by atoms with E-state index in [4.69, 9.17) is 4.74 Å². The van der Waals surface area contributed by atoms with Crippen LogP contribution in [0.15, 0.2) is 30.3 Å². The molecule has 7 nitrogen and oxygen atoms in total. The molecule has 0 saturated heterocycles. The van der Waals surface area contributed by atoms with E-state index in [1.807, 2.05) is 48.9 Å². The first-order valence-corrected chi connectivity index (χ1v) is 8.20. The fourth-order valence-corrected chi connectivity index (χ4v) is 2.69. The summed E-state index contributed by atoms with van der Waals surface area (Å²) >= 11 is 0. The average Bonchev–Trinajstić information content (AvgIpc) is 2.88. The van der Waals surface area contributed by atoms with E-state index in [0.29, 0.717) is 6.54 Å². The number of aryl methyl sites for hydroxylation is 1. The topological polar surface area (TPSA) is 79.6 Å². The Morgan fingerprint density at radius 2 is 2.04 bits per heavy atom. The molecule has 0 aliphatic rings. The van der Waals surface area contributed by atoms with E-state index in [2.05, 4.69) is 10.4 Å². The number of rotatable bonds is 7. The number of ether oxygens (including phenoxy) is 1. The van der Waals surface area contributed by atoms with Crippen LogP contribution in [0.2, 0.25) is 0 Å². The second-order valence-corrected chi connectivity index (χ2v) is 6.05. The number of para-hydroxylation sites is 1. The van der Waals surface area contributed by atoms with Crippen LogP contribution in [0.4, 0.5) is 4.79 Å². The van der Waals surface area contributed by atoms with Gasteiger partial charge in [0.25, 0.3) is 0 Å². The molecule has 0 unspecified atom stereocenters. The third kappa shape index (κ3) is 4.80. The van der Waals surface area contributed by atoms with E-state index in [9.17, 15) is 9.90 Å². The van der Waals surface area contributed by atoms with Crippen molar-refractivity contribution in [1.29, 1.82) is 0 Å². The van der Waals surface area contributed by atoms with Crippen molar-refractivity contribution in [3.8, 4) is 5.69 Å². The third-order valence-electron chi connectivity index (χ3n) is 4.05. The predicted molar refractivity (Wildman–Crippen MR) is 95.8 cm³/mol. The number of nitrogens with one attached hydrogen (secondary N) is 1. The van der Waals surface area contributed by atoms with Crippen LogP contribution in [0.1, 0.15) is 17.0 Å². The zero-order valence-corrected chi connectivity index (χ0v) is 15.2. The smallest absolute Gasteiger partial charge is 0.317 e. The van der Waals surface area contributed by atoms with Crippen LogP contribution < -0.4 is 5.32 Å². The zero-order chi connectivity index (χ0) is 18.4. The maximum atomic E-state index is 12.2. The van der Waals surface area contributed by atoms with Gasteiger partial charge < -0.3 is 20.1 Å². The third-order valence-corrected chi connectivity index (χ3v) is 4.05. The molecule has 2 rings (SSSR count). The van der Waals surface area contributed by atoms with E-state index >= 15 is 0 Å². The lowest BCUT2D eigenvalue weighted by Gasteiger charge is -2.21. The lowest BCUT2D eigenvalue weighted by molar-refractivity contribution is 0.0489. The van der Waals surface area contributed by atoms with Crippen molar-refractivity contribution in [2.75, 3.05) is 27.3 Å². The maximum Gasteiger partial charge on any atom is 0.317 e. The van der Waals surface area contributed by atoms with Crippen LogP contribution >= 0.6 is 0 Å². The number of urea groups is 1. The first kappa shape index (κ1) is 19.0. The van der Waals surface area contributed by atoms with Crippen LogP contribution in [-0.4, -0.2) is 59.2 Å². The maximum absolute atomic E-state index is 12.2. The Bertz CT molecular complexity index is 700. The second-order valence-electron chi connectivity index (χ2n) is 6.05. The van der Waals surface area contributed by atoms with Gasteiger partial charge >= 0.3 is 6.03 Å². The Morgan fingerprint density at radius 3 is 2.68 bits per heavy atom. The number of hydrogen-bond donors (Lipinski definition) is 2. The van der Waals surface area contributed by atoms with Gasteiger partial charge in [0.2, 0.25) is 0 Å². The van der Waals surface area contributed by atoms with Crippen LogP contribution in [0.5, 0.6) is 0 Å². The van der Waals surface area contributed by atoms with Crippen LogP contribution in [0, 0.1) is 13.8 Å². The molecule has 1 aromatic heterocycles. The Morgan fingerprint density at radius 1 is 1.36 bits per heavy atom. The molecule has 0 aliphatic carbocycles. The largest absolute Gasteiger partial charge is 0.389 e. The van der Waals surface area contributed by atoms with E-state index in [-0.39, 0.29) is 19.2 Å². The summed E-state index contributed by atoms with van der Waals surface area (Å²) in [6.45, 7) is 4.70. The predicted octanol–water partition coefficient (Wildman–Crippen LogP) is 1.64. The minimum absolute atomic E-state index is 0.194. The fourth-order valence-electron chi connectivity index (χ4n) is 2.69. The summed E-state index contributed by atoms with van der Waals surface area (Å²) in [5.41, 5.74) is 3.85. The number of carbonyl (C=O) groups is 1. The van der Waals surface area contributed by atoms with Gasteiger partial charge in [-0.3, -0.25) is 0 Å². The van der Waals surface area contributed by atoms with Gasteiger partial charge in [-0.05, 0) is 26.0 Å². The van der Waals surface area contributed by atoms with Crippen molar-refractivity contribution in [2.24, 2.45) is 0 Å². The Balaban J connectivity index is 2.01. The molecule has 7 heteroatoms. The van der Waals surface area contributed by atoms with Crippen LogP contribution in [0.3, 0.4) is 0 Å². The molecule has 2 amide bonds. The minimum atomic E-state index is -0.704. The first-order chi connectivity index (χ1) is 11.9. The highest BCUT2D eigenvalue weighted by Gasteiger charge is 2.16. The van der Waals surface area contributed by atoms with Crippen molar-refractivity contribution in [2.45, 2.75) is 26.5 Å². The lowest BCUT2D eigenvalue weighted by Crippen LogP contribution is -2.42. The Labute approximate surface area is 148 Å². The molecule has 1 aromatic carbocycles. The van der Waals surface area contributed by atoms with Gasteiger partial charge in [0.1, 0.15) is 0 Å². The molecule has 0 bridgehead atoms. The number of aromatic nitrogens is 2. The van der Waals surface area contributed by atoms with Gasteiger partial charge in [-0.1, -0.05) is 18.2 Å². The summed E-state index contributed by atoms with van der Waals surface area (Å²) in [7, 11) is 3.15. The highest BCUT2D eigenvalue weighted by atomic mass is 16.5. The molecular formula is C18H26N4O3. The van der Waals surface area contributed by atoms with E-state index in [0.717, 1.165) is 22.6 Å². The molecule has 2 N–H and O–H groups in total. The second kappa shape index (κ2) is 8.64. The number of nitrogens with zero attached hydrogens (tertiary/aromatic N) is 3. The lowest BCUT2D eigenvalue weighted by atomic mass is 10.2. The van der Waals surface area contributed by atoms with E-state index in [1.54, 1.807) is 7.05 Å². The fraction of sp³-hybridized carbons (Fsp3) is 0.444. The molecule has 136 valence electrons. The first-order valence-electron chi connectivity index (χ1n) is 8.20. The van der Waals surface area contributed by atoms with E-state index in [1.165, 1.54) is 12.0 Å². The van der Waals surface area contributed by atoms with Gasteiger partial charge in [0.15, 0.2) is 0 Å². The molecule has 0 radical (unpaired) electrons. The number of benzene rings is 1. The molecular weight excluding hydrogens is 320 g/mol. The molecule has 0 saturated carbocycles. The minimum Gasteiger partial charge on any atom is -0.389 e. The summed E-state index contributed by atoms with van der Waals surface area (Å²) in [6.07, 6.45) is -0.704. The van der Waals surface area contributed by atoms with Crippen molar-refractivity contribution < 1.29 is 14.6 Å². The van der Waals surface area contributed by atoms with Gasteiger partial charge in [0, 0.05) is 32.0 Å². The van der Waals surface area contributed by atoms with E-state index < -0.39 is 6.10 Å². The number of carbonyl (C=O) groups excluding carboxylic acids is 1. The van der Waals surface area contributed by atoms with Crippen molar-refractivity contribution in [3.63, 3.8) is 0 Å². The normalized spacial score (nSPS) is 12.0. The zero-order valence-electron chi connectivity index (χ0n) is 15.2. The number of likely N-dealkylation sites (N-methyl/N-ethyl adjacent to an activating group) is 1. The molecule has 25 heavy (non-hydrogen) atoms. The summed E-state index contributed by atoms with van der Waals surface area (Å²) in [5.74, 6) is 0. The highest BCUT2D eigenvalue weighted by molar-refractivity contribution is 5.73. The molecule has 0 aliphatic heterocycles. The van der Waals surface area contributed by atoms with Crippen LogP contribution in [-0.2, 0) is 11.3 Å². The number of aliphatic hydroxyl groups is 1. The van der Waals surface area contributed by atoms with Crippen molar-refractivity contribution in [1.82, 2.24) is 20.0 Å². The highest BCUT2D eigenvalue weighted by Crippen LogP contribution is 2.17. The molecule has 1 atom stereocenters. The number of methoxy groups -OCH3 is 1. The number of hydrogen-bond acceptors (Lipinski definition) is 4. The molecule has 1 heterocycles. The molecule has 0 spiro atoms. The SMILES string of the molecule is COC[C@@H](O)CN(C)C(=O)NCc1c(C)nn(-c2ccccc2)c1C. The average molecular weight is 346 g/mol.